The number of aromatic nitrogens is 5. The number of carbonyl (C=O) groups excluding carboxylic acids is 1. The van der Waals surface area contributed by atoms with E-state index in [0.717, 1.165) is 11.3 Å². The number of carbonyl (C=O) groups is 1. The number of hydrogen-bond acceptors (Lipinski definition) is 4. The SMILES string of the molecule is CCc1nc(C(=O)Nc2cccc(-c3ccn[nH]3)c2)n[nH]1. The molecule has 1 aromatic carbocycles. The van der Waals surface area contributed by atoms with Gasteiger partial charge in [-0.25, -0.2) is 4.98 Å². The van der Waals surface area contributed by atoms with E-state index < -0.39 is 0 Å². The minimum absolute atomic E-state index is 0.138. The van der Waals surface area contributed by atoms with Crippen LogP contribution in [0.4, 0.5) is 5.69 Å². The Balaban J connectivity index is 1.78. The first-order valence-electron chi connectivity index (χ1n) is 6.58. The molecule has 7 heteroatoms. The second kappa shape index (κ2) is 5.58. The van der Waals surface area contributed by atoms with Gasteiger partial charge in [-0.15, -0.1) is 5.10 Å². The molecule has 1 amide bonds. The maximum atomic E-state index is 12.1. The van der Waals surface area contributed by atoms with E-state index in [-0.39, 0.29) is 11.7 Å². The lowest BCUT2D eigenvalue weighted by atomic mass is 10.1. The molecule has 0 saturated carbocycles. The number of amides is 1. The molecule has 0 aliphatic rings. The molecule has 3 rings (SSSR count). The summed E-state index contributed by atoms with van der Waals surface area (Å²) in [5.41, 5.74) is 2.50. The predicted octanol–water partition coefficient (Wildman–Crippen LogP) is 2.01. The van der Waals surface area contributed by atoms with E-state index in [9.17, 15) is 4.79 Å². The second-order valence-corrected chi connectivity index (χ2v) is 4.46. The van der Waals surface area contributed by atoms with E-state index in [1.807, 2.05) is 37.3 Å². The van der Waals surface area contributed by atoms with Gasteiger partial charge in [-0.1, -0.05) is 19.1 Å². The van der Waals surface area contributed by atoms with Crippen LogP contribution < -0.4 is 5.32 Å². The van der Waals surface area contributed by atoms with Gasteiger partial charge < -0.3 is 5.32 Å². The number of hydrogen-bond donors (Lipinski definition) is 3. The molecule has 0 unspecified atom stereocenters. The molecule has 0 spiro atoms. The van der Waals surface area contributed by atoms with Gasteiger partial charge in [0.1, 0.15) is 5.82 Å². The van der Waals surface area contributed by atoms with Gasteiger partial charge in [0.15, 0.2) is 0 Å². The third-order valence-corrected chi connectivity index (χ3v) is 3.00. The zero-order valence-corrected chi connectivity index (χ0v) is 11.4. The number of nitrogens with one attached hydrogen (secondary N) is 3. The Morgan fingerprint density at radius 3 is 2.90 bits per heavy atom. The van der Waals surface area contributed by atoms with E-state index in [0.29, 0.717) is 17.9 Å². The lowest BCUT2D eigenvalue weighted by Crippen LogP contribution is -2.13. The topological polar surface area (TPSA) is 99.3 Å². The van der Waals surface area contributed by atoms with Gasteiger partial charge in [-0.3, -0.25) is 15.0 Å². The van der Waals surface area contributed by atoms with Crippen molar-refractivity contribution in [3.8, 4) is 11.3 Å². The molecule has 0 radical (unpaired) electrons. The van der Waals surface area contributed by atoms with E-state index in [4.69, 9.17) is 0 Å². The Hall–Kier alpha value is -2.96. The zero-order chi connectivity index (χ0) is 14.7. The van der Waals surface area contributed by atoms with E-state index in [2.05, 4.69) is 30.7 Å². The Morgan fingerprint density at radius 2 is 2.19 bits per heavy atom. The first-order chi connectivity index (χ1) is 10.3. The number of benzene rings is 1. The number of rotatable bonds is 4. The molecule has 3 N–H and O–H groups in total. The van der Waals surface area contributed by atoms with Gasteiger partial charge >= 0.3 is 0 Å². The molecule has 0 aliphatic heterocycles. The lowest BCUT2D eigenvalue weighted by Gasteiger charge is -2.04. The van der Waals surface area contributed by atoms with Crippen molar-refractivity contribution in [2.75, 3.05) is 5.32 Å². The maximum absolute atomic E-state index is 12.1. The van der Waals surface area contributed by atoms with E-state index in [1.54, 1.807) is 6.20 Å². The molecule has 2 heterocycles. The second-order valence-electron chi connectivity index (χ2n) is 4.46. The van der Waals surface area contributed by atoms with Crippen LogP contribution in [0, 0.1) is 0 Å². The maximum Gasteiger partial charge on any atom is 0.295 e. The number of aryl methyl sites for hydroxylation is 1. The molecule has 21 heavy (non-hydrogen) atoms. The summed E-state index contributed by atoms with van der Waals surface area (Å²) >= 11 is 0. The van der Waals surface area contributed by atoms with Gasteiger partial charge in [0, 0.05) is 23.9 Å². The van der Waals surface area contributed by atoms with Crippen LogP contribution in [0.15, 0.2) is 36.5 Å². The number of H-pyrrole nitrogens is 2. The molecule has 0 atom stereocenters. The third kappa shape index (κ3) is 2.81. The van der Waals surface area contributed by atoms with Crippen molar-refractivity contribution in [3.63, 3.8) is 0 Å². The molecule has 7 nitrogen and oxygen atoms in total. The summed E-state index contributed by atoms with van der Waals surface area (Å²) in [6.07, 6.45) is 2.39. The molecule has 0 fully saturated rings. The zero-order valence-electron chi connectivity index (χ0n) is 11.4. The average molecular weight is 282 g/mol. The van der Waals surface area contributed by atoms with Gasteiger partial charge in [-0.2, -0.15) is 5.10 Å². The molecular formula is C14H14N6O. The Bertz CT molecular complexity index is 746. The van der Waals surface area contributed by atoms with Crippen LogP contribution in [0.1, 0.15) is 23.4 Å². The Kier molecular flexibility index (Phi) is 3.46. The van der Waals surface area contributed by atoms with Gasteiger partial charge in [0.2, 0.25) is 5.82 Å². The van der Waals surface area contributed by atoms with E-state index >= 15 is 0 Å². The summed E-state index contributed by atoms with van der Waals surface area (Å²) in [5, 5.41) is 16.2. The average Bonchev–Trinajstić information content (AvgIpc) is 3.19. The fraction of sp³-hybridized carbons (Fsp3) is 0.143. The fourth-order valence-electron chi connectivity index (χ4n) is 1.92. The Morgan fingerprint density at radius 1 is 1.29 bits per heavy atom. The van der Waals surface area contributed by atoms with Crippen LogP contribution >= 0.6 is 0 Å². The monoisotopic (exact) mass is 282 g/mol. The first-order valence-corrected chi connectivity index (χ1v) is 6.58. The van der Waals surface area contributed by atoms with Crippen molar-refractivity contribution in [2.24, 2.45) is 0 Å². The molecule has 106 valence electrons. The molecular weight excluding hydrogens is 268 g/mol. The van der Waals surface area contributed by atoms with Crippen LogP contribution in [0.5, 0.6) is 0 Å². The summed E-state index contributed by atoms with van der Waals surface area (Å²) in [6, 6.07) is 9.33. The summed E-state index contributed by atoms with van der Waals surface area (Å²) in [6.45, 7) is 1.94. The molecule has 0 saturated heterocycles. The van der Waals surface area contributed by atoms with Crippen LogP contribution in [-0.4, -0.2) is 31.3 Å². The summed E-state index contributed by atoms with van der Waals surface area (Å²) in [7, 11) is 0. The lowest BCUT2D eigenvalue weighted by molar-refractivity contribution is 0.101. The number of aromatic amines is 2. The predicted molar refractivity (Wildman–Crippen MR) is 77.7 cm³/mol. The molecule has 0 aliphatic carbocycles. The van der Waals surface area contributed by atoms with Crippen molar-refractivity contribution in [1.29, 1.82) is 0 Å². The molecule has 3 aromatic rings. The van der Waals surface area contributed by atoms with Crippen LogP contribution in [0.2, 0.25) is 0 Å². The molecule has 0 bridgehead atoms. The largest absolute Gasteiger partial charge is 0.319 e. The summed E-state index contributed by atoms with van der Waals surface area (Å²) < 4.78 is 0. The molecule has 2 aromatic heterocycles. The van der Waals surface area contributed by atoms with Crippen molar-refractivity contribution in [2.45, 2.75) is 13.3 Å². The van der Waals surface area contributed by atoms with Crippen molar-refractivity contribution in [1.82, 2.24) is 25.4 Å². The van der Waals surface area contributed by atoms with Crippen molar-refractivity contribution >= 4 is 11.6 Å². The summed E-state index contributed by atoms with van der Waals surface area (Å²) in [5.74, 6) is 0.484. The van der Waals surface area contributed by atoms with Crippen LogP contribution in [0.25, 0.3) is 11.3 Å². The Labute approximate surface area is 120 Å². The summed E-state index contributed by atoms with van der Waals surface area (Å²) in [4.78, 5) is 16.2. The third-order valence-electron chi connectivity index (χ3n) is 3.00. The van der Waals surface area contributed by atoms with E-state index in [1.165, 1.54) is 0 Å². The van der Waals surface area contributed by atoms with Crippen molar-refractivity contribution < 1.29 is 4.79 Å². The number of anilines is 1. The highest BCUT2D eigenvalue weighted by Gasteiger charge is 2.12. The minimum Gasteiger partial charge on any atom is -0.319 e. The number of nitrogens with zero attached hydrogens (tertiary/aromatic N) is 3. The van der Waals surface area contributed by atoms with Crippen LogP contribution in [-0.2, 0) is 6.42 Å². The smallest absolute Gasteiger partial charge is 0.295 e. The van der Waals surface area contributed by atoms with Crippen molar-refractivity contribution in [3.05, 3.63) is 48.2 Å². The highest BCUT2D eigenvalue weighted by molar-refractivity contribution is 6.01. The first kappa shape index (κ1) is 13.0. The normalized spacial score (nSPS) is 10.5. The van der Waals surface area contributed by atoms with Crippen LogP contribution in [0.3, 0.4) is 0 Å². The van der Waals surface area contributed by atoms with Gasteiger partial charge in [0.25, 0.3) is 5.91 Å². The van der Waals surface area contributed by atoms with Gasteiger partial charge in [0.05, 0.1) is 5.69 Å². The fourth-order valence-corrected chi connectivity index (χ4v) is 1.92. The standard InChI is InChI=1S/C14H14N6O/c1-2-12-17-13(20-19-12)14(21)16-10-5-3-4-9(8-10)11-6-7-15-18-11/h3-8H,2H2,1H3,(H,15,18)(H,16,21)(H,17,19,20). The highest BCUT2D eigenvalue weighted by atomic mass is 16.2. The van der Waals surface area contributed by atoms with Gasteiger partial charge in [-0.05, 0) is 18.2 Å². The highest BCUT2D eigenvalue weighted by Crippen LogP contribution is 2.20. The minimum atomic E-state index is -0.340. The quantitative estimate of drug-likeness (QED) is 0.681.